The van der Waals surface area contributed by atoms with Crippen LogP contribution in [-0.4, -0.2) is 11.9 Å². The first kappa shape index (κ1) is 9.23. The number of para-hydroxylation sites is 1. The van der Waals surface area contributed by atoms with Crippen molar-refractivity contribution in [3.05, 3.63) is 29.8 Å². The third kappa shape index (κ3) is 1.33. The fourth-order valence-electron chi connectivity index (χ4n) is 1.71. The van der Waals surface area contributed by atoms with E-state index in [2.05, 4.69) is 0 Å². The molecule has 2 rings (SSSR count). The molecule has 1 aromatic carbocycles. The van der Waals surface area contributed by atoms with Crippen molar-refractivity contribution < 1.29 is 4.79 Å². The fraction of sp³-hybridized carbons (Fsp3) is 0.182. The van der Waals surface area contributed by atoms with Gasteiger partial charge in [0, 0.05) is 5.69 Å². The Morgan fingerprint density at radius 1 is 1.27 bits per heavy atom. The summed E-state index contributed by atoms with van der Waals surface area (Å²) in [6.07, 6.45) is 0.274. The van der Waals surface area contributed by atoms with Gasteiger partial charge in [-0.2, -0.15) is 10.5 Å². The van der Waals surface area contributed by atoms with E-state index in [9.17, 15) is 4.79 Å². The highest BCUT2D eigenvalue weighted by molar-refractivity contribution is 6.02. The lowest BCUT2D eigenvalue weighted by Crippen LogP contribution is -2.35. The molecule has 0 radical (unpaired) electrons. The van der Waals surface area contributed by atoms with Crippen molar-refractivity contribution in [2.45, 2.75) is 12.5 Å². The second-order valence-corrected chi connectivity index (χ2v) is 3.23. The van der Waals surface area contributed by atoms with Crippen LogP contribution in [0.2, 0.25) is 0 Å². The van der Waals surface area contributed by atoms with Gasteiger partial charge in [0.15, 0.2) is 0 Å². The first-order valence-corrected chi connectivity index (χ1v) is 4.47. The van der Waals surface area contributed by atoms with E-state index in [1.807, 2.05) is 24.3 Å². The Morgan fingerprint density at radius 2 is 1.93 bits per heavy atom. The Morgan fingerprint density at radius 3 is 2.60 bits per heavy atom. The molecule has 0 fully saturated rings. The van der Waals surface area contributed by atoms with Crippen LogP contribution in [0.3, 0.4) is 0 Å². The van der Waals surface area contributed by atoms with Crippen molar-refractivity contribution in [2.75, 3.05) is 4.90 Å². The quantitative estimate of drug-likeness (QED) is 0.674. The van der Waals surface area contributed by atoms with Gasteiger partial charge in [-0.05, 0) is 11.6 Å². The molecular weight excluding hydrogens is 190 g/mol. The maximum absolute atomic E-state index is 11.6. The van der Waals surface area contributed by atoms with Crippen LogP contribution in [0.5, 0.6) is 0 Å². The summed E-state index contributed by atoms with van der Waals surface area (Å²) >= 11 is 0. The van der Waals surface area contributed by atoms with Gasteiger partial charge in [0.1, 0.15) is 12.1 Å². The Bertz CT molecular complexity index is 481. The van der Waals surface area contributed by atoms with Crippen LogP contribution in [0.1, 0.15) is 5.56 Å². The molecule has 1 aromatic rings. The van der Waals surface area contributed by atoms with Crippen molar-refractivity contribution >= 4 is 11.6 Å². The average Bonchev–Trinajstić information content (AvgIpc) is 2.58. The summed E-state index contributed by atoms with van der Waals surface area (Å²) in [6, 6.07) is 9.80. The maximum Gasteiger partial charge on any atom is 0.233 e. The summed E-state index contributed by atoms with van der Waals surface area (Å²) in [6.45, 7) is 0. The van der Waals surface area contributed by atoms with E-state index in [0.29, 0.717) is 5.69 Å². The summed E-state index contributed by atoms with van der Waals surface area (Å²) in [5, 5.41) is 17.5. The summed E-state index contributed by atoms with van der Waals surface area (Å²) < 4.78 is 0. The Balaban J connectivity index is 2.48. The van der Waals surface area contributed by atoms with Crippen molar-refractivity contribution in [3.63, 3.8) is 0 Å². The predicted molar refractivity (Wildman–Crippen MR) is 52.6 cm³/mol. The van der Waals surface area contributed by atoms with Gasteiger partial charge in [0.05, 0.1) is 6.42 Å². The minimum Gasteiger partial charge on any atom is -0.283 e. The Hall–Kier alpha value is -2.33. The van der Waals surface area contributed by atoms with Crippen LogP contribution in [0.25, 0.3) is 0 Å². The van der Waals surface area contributed by atoms with Gasteiger partial charge in [-0.15, -0.1) is 0 Å². The molecule has 1 amide bonds. The number of carbonyl (C=O) groups is 1. The predicted octanol–water partition coefficient (Wildman–Crippen LogP) is 0.991. The highest BCUT2D eigenvalue weighted by Gasteiger charge is 2.32. The first-order valence-electron chi connectivity index (χ1n) is 4.47. The topological polar surface area (TPSA) is 67.9 Å². The molecule has 0 unspecified atom stereocenters. The molecule has 0 bridgehead atoms. The van der Waals surface area contributed by atoms with Crippen LogP contribution < -0.4 is 4.90 Å². The van der Waals surface area contributed by atoms with Gasteiger partial charge < -0.3 is 0 Å². The lowest BCUT2D eigenvalue weighted by molar-refractivity contribution is -0.117. The number of hydrogen-bond acceptors (Lipinski definition) is 3. The molecule has 1 aliphatic rings. The molecule has 15 heavy (non-hydrogen) atoms. The number of benzene rings is 1. The highest BCUT2D eigenvalue weighted by Crippen LogP contribution is 2.29. The van der Waals surface area contributed by atoms with E-state index in [-0.39, 0.29) is 12.3 Å². The van der Waals surface area contributed by atoms with E-state index in [1.165, 1.54) is 4.90 Å². The van der Waals surface area contributed by atoms with Crippen molar-refractivity contribution in [1.29, 1.82) is 10.5 Å². The van der Waals surface area contributed by atoms with Gasteiger partial charge in [-0.3, -0.25) is 9.69 Å². The largest absolute Gasteiger partial charge is 0.283 e. The summed E-state index contributed by atoms with van der Waals surface area (Å²) in [5.41, 5.74) is 1.55. The Labute approximate surface area is 87.0 Å². The number of anilines is 1. The standard InChI is InChI=1S/C11H7N3O/c12-6-9(7-13)14-10-4-2-1-3-8(10)5-11(14)15/h1-4,9H,5H2. The number of nitrogens with zero attached hydrogens (tertiary/aromatic N) is 3. The number of rotatable bonds is 1. The maximum atomic E-state index is 11.6. The molecule has 1 aliphatic heterocycles. The van der Waals surface area contributed by atoms with E-state index >= 15 is 0 Å². The Kier molecular flexibility index (Phi) is 2.11. The zero-order valence-electron chi connectivity index (χ0n) is 7.84. The molecule has 0 aromatic heterocycles. The molecule has 0 atom stereocenters. The lowest BCUT2D eigenvalue weighted by atomic mass is 10.2. The number of fused-ring (bicyclic) bond motifs is 1. The zero-order valence-corrected chi connectivity index (χ0v) is 7.84. The van der Waals surface area contributed by atoms with E-state index in [4.69, 9.17) is 10.5 Å². The normalized spacial score (nSPS) is 13.5. The minimum absolute atomic E-state index is 0.190. The summed E-state index contributed by atoms with van der Waals surface area (Å²) in [5.74, 6) is -0.190. The highest BCUT2D eigenvalue weighted by atomic mass is 16.2. The third-order valence-electron chi connectivity index (χ3n) is 2.36. The molecule has 0 saturated carbocycles. The molecular formula is C11H7N3O. The van der Waals surface area contributed by atoms with E-state index in [0.717, 1.165) is 5.56 Å². The lowest BCUT2D eigenvalue weighted by Gasteiger charge is -2.17. The fourth-order valence-corrected chi connectivity index (χ4v) is 1.71. The second-order valence-electron chi connectivity index (χ2n) is 3.23. The minimum atomic E-state index is -1.03. The number of amides is 1. The summed E-state index contributed by atoms with van der Waals surface area (Å²) in [7, 11) is 0. The van der Waals surface area contributed by atoms with Crippen LogP contribution in [0.4, 0.5) is 5.69 Å². The SMILES string of the molecule is N#CC(C#N)N1C(=O)Cc2ccccc21. The van der Waals surface area contributed by atoms with Gasteiger partial charge in [-0.25, -0.2) is 0 Å². The van der Waals surface area contributed by atoms with E-state index < -0.39 is 6.04 Å². The first-order chi connectivity index (χ1) is 7.27. The smallest absolute Gasteiger partial charge is 0.233 e. The monoisotopic (exact) mass is 197 g/mol. The summed E-state index contributed by atoms with van der Waals surface area (Å²) in [4.78, 5) is 12.9. The van der Waals surface area contributed by atoms with Crippen molar-refractivity contribution in [2.24, 2.45) is 0 Å². The van der Waals surface area contributed by atoms with E-state index in [1.54, 1.807) is 12.1 Å². The molecule has 4 nitrogen and oxygen atoms in total. The van der Waals surface area contributed by atoms with Gasteiger partial charge in [0.25, 0.3) is 0 Å². The van der Waals surface area contributed by atoms with Gasteiger partial charge >= 0.3 is 0 Å². The molecule has 1 heterocycles. The second kappa shape index (κ2) is 3.43. The number of carbonyl (C=O) groups excluding carboxylic acids is 1. The third-order valence-corrected chi connectivity index (χ3v) is 2.36. The zero-order chi connectivity index (χ0) is 10.8. The van der Waals surface area contributed by atoms with Gasteiger partial charge in [-0.1, -0.05) is 18.2 Å². The van der Waals surface area contributed by atoms with Crippen LogP contribution >= 0.6 is 0 Å². The van der Waals surface area contributed by atoms with Crippen LogP contribution in [0, 0.1) is 22.7 Å². The molecule has 0 aliphatic carbocycles. The van der Waals surface area contributed by atoms with Crippen LogP contribution in [0.15, 0.2) is 24.3 Å². The number of nitriles is 2. The molecule has 0 spiro atoms. The van der Waals surface area contributed by atoms with Gasteiger partial charge in [0.2, 0.25) is 11.9 Å². The average molecular weight is 197 g/mol. The number of hydrogen-bond donors (Lipinski definition) is 0. The van der Waals surface area contributed by atoms with Crippen LogP contribution in [-0.2, 0) is 11.2 Å². The molecule has 72 valence electrons. The van der Waals surface area contributed by atoms with Crippen molar-refractivity contribution in [3.8, 4) is 12.1 Å². The molecule has 0 N–H and O–H groups in total. The van der Waals surface area contributed by atoms with Crippen molar-refractivity contribution in [1.82, 2.24) is 0 Å². The molecule has 0 saturated heterocycles. The molecule has 4 heteroatoms.